The molecule has 0 saturated heterocycles. The Morgan fingerprint density at radius 2 is 2.03 bits per heavy atom. The number of hydrogen-bond acceptors (Lipinski definition) is 3. The molecule has 1 amide bonds. The first-order valence-corrected chi connectivity index (χ1v) is 11.2. The van der Waals surface area contributed by atoms with Gasteiger partial charge in [0.1, 0.15) is 11.4 Å². The van der Waals surface area contributed by atoms with Crippen molar-refractivity contribution >= 4 is 40.5 Å². The highest BCUT2D eigenvalue weighted by molar-refractivity contribution is 7.89. The molecule has 158 valence electrons. The minimum Gasteiger partial charge on any atom is -0.588 e. The van der Waals surface area contributed by atoms with Gasteiger partial charge in [-0.1, -0.05) is 48.0 Å². The number of benzene rings is 1. The first-order valence-electron chi connectivity index (χ1n) is 9.25. The van der Waals surface area contributed by atoms with Gasteiger partial charge in [0.25, 0.3) is 0 Å². The van der Waals surface area contributed by atoms with E-state index in [0.717, 1.165) is 22.4 Å². The summed E-state index contributed by atoms with van der Waals surface area (Å²) in [6.45, 7) is 9.07. The van der Waals surface area contributed by atoms with Crippen molar-refractivity contribution in [2.45, 2.75) is 32.1 Å². The summed E-state index contributed by atoms with van der Waals surface area (Å²) in [5.74, 6) is -0.165. The number of allylic oxidation sites excluding steroid dienone is 9. The molecule has 0 fully saturated rings. The Balaban J connectivity index is 2.34. The van der Waals surface area contributed by atoms with Crippen LogP contribution in [0.1, 0.15) is 27.2 Å². The third-order valence-corrected chi connectivity index (χ3v) is 6.12. The maximum atomic E-state index is 12.8. The van der Waals surface area contributed by atoms with Gasteiger partial charge in [-0.15, -0.1) is 0 Å². The van der Waals surface area contributed by atoms with Crippen molar-refractivity contribution in [3.63, 3.8) is 0 Å². The van der Waals surface area contributed by atoms with Crippen LogP contribution < -0.4 is 10.0 Å². The standard InChI is InChI=1S/C23H24Cl2N2O2S/c1-5-17(12-19(6-2)26-16(4)28)18-9-7-8-15(3)23(13-18)27-30(29)20-10-11-21(24)22(25)14-20/h5-8,10-14,27H,2,9H2,1,3-4H3,(H,26,28)/b17-5+,19-12+. The van der Waals surface area contributed by atoms with E-state index in [1.54, 1.807) is 24.3 Å². The lowest BCUT2D eigenvalue weighted by Gasteiger charge is -2.15. The highest BCUT2D eigenvalue weighted by Gasteiger charge is 2.17. The fourth-order valence-electron chi connectivity index (χ4n) is 2.74. The van der Waals surface area contributed by atoms with E-state index >= 15 is 0 Å². The van der Waals surface area contributed by atoms with Crippen LogP contribution in [0, 0.1) is 0 Å². The van der Waals surface area contributed by atoms with Crippen LogP contribution >= 0.6 is 23.2 Å². The predicted octanol–water partition coefficient (Wildman–Crippen LogP) is 5.92. The van der Waals surface area contributed by atoms with E-state index in [0.29, 0.717) is 27.1 Å². The summed E-state index contributed by atoms with van der Waals surface area (Å²) in [6.07, 6.45) is 12.1. The van der Waals surface area contributed by atoms with Gasteiger partial charge in [-0.2, -0.15) is 0 Å². The van der Waals surface area contributed by atoms with Gasteiger partial charge < -0.3 is 9.87 Å². The second-order valence-electron chi connectivity index (χ2n) is 6.55. The lowest BCUT2D eigenvalue weighted by molar-refractivity contribution is -0.118. The summed E-state index contributed by atoms with van der Waals surface area (Å²) in [4.78, 5) is 11.9. The first kappa shape index (κ1) is 24.1. The maximum Gasteiger partial charge on any atom is 0.221 e. The number of amides is 1. The van der Waals surface area contributed by atoms with E-state index in [1.165, 1.54) is 6.92 Å². The summed E-state index contributed by atoms with van der Waals surface area (Å²) in [5, 5.41) is 3.51. The second kappa shape index (κ2) is 11.3. The zero-order valence-corrected chi connectivity index (χ0v) is 19.4. The molecule has 1 unspecified atom stereocenters. The van der Waals surface area contributed by atoms with Crippen molar-refractivity contribution in [3.8, 4) is 0 Å². The highest BCUT2D eigenvalue weighted by Crippen LogP contribution is 2.27. The summed E-state index contributed by atoms with van der Waals surface area (Å²) >= 11 is 10.5. The van der Waals surface area contributed by atoms with Gasteiger partial charge in [-0.25, -0.2) is 4.72 Å². The molecule has 1 atom stereocenters. The summed E-state index contributed by atoms with van der Waals surface area (Å²) < 4.78 is 15.9. The lowest BCUT2D eigenvalue weighted by Crippen LogP contribution is -2.23. The largest absolute Gasteiger partial charge is 0.588 e. The van der Waals surface area contributed by atoms with E-state index in [-0.39, 0.29) is 5.91 Å². The van der Waals surface area contributed by atoms with Crippen molar-refractivity contribution in [3.05, 3.63) is 99.4 Å². The molecule has 0 heterocycles. The van der Waals surface area contributed by atoms with Gasteiger partial charge in [0.05, 0.1) is 15.7 Å². The molecule has 30 heavy (non-hydrogen) atoms. The molecule has 0 spiro atoms. The molecule has 4 nitrogen and oxygen atoms in total. The normalized spacial score (nSPS) is 16.0. The molecule has 0 saturated carbocycles. The number of hydrogen-bond donors (Lipinski definition) is 2. The molecular weight excluding hydrogens is 439 g/mol. The van der Waals surface area contributed by atoms with Gasteiger partial charge in [0, 0.05) is 18.7 Å². The van der Waals surface area contributed by atoms with Gasteiger partial charge >= 0.3 is 0 Å². The molecule has 0 radical (unpaired) electrons. The van der Waals surface area contributed by atoms with Crippen LogP contribution in [-0.4, -0.2) is 10.5 Å². The van der Waals surface area contributed by atoms with Crippen molar-refractivity contribution in [2.75, 3.05) is 0 Å². The maximum absolute atomic E-state index is 12.8. The predicted molar refractivity (Wildman–Crippen MR) is 126 cm³/mol. The van der Waals surface area contributed by atoms with E-state index in [2.05, 4.69) is 16.6 Å². The molecule has 1 aromatic carbocycles. The molecule has 0 bridgehead atoms. The Labute approximate surface area is 191 Å². The van der Waals surface area contributed by atoms with Gasteiger partial charge in [-0.3, -0.25) is 4.79 Å². The first-order chi connectivity index (χ1) is 14.2. The Morgan fingerprint density at radius 3 is 2.63 bits per heavy atom. The SMILES string of the molecule is C=C/C(=C\C(=C/C)C1=CC(N[S+]([O-])c2ccc(Cl)c(Cl)c2)=C(C)C=CC1)NC(C)=O. The fourth-order valence-corrected chi connectivity index (χ4v) is 4.06. The average molecular weight is 463 g/mol. The van der Waals surface area contributed by atoms with Crippen LogP contribution in [0.25, 0.3) is 0 Å². The average Bonchev–Trinajstić information content (AvgIpc) is 2.88. The van der Waals surface area contributed by atoms with Gasteiger partial charge in [-0.05, 0) is 67.3 Å². The second-order valence-corrected chi connectivity index (χ2v) is 8.58. The Bertz CT molecular complexity index is 991. The van der Waals surface area contributed by atoms with Crippen LogP contribution in [0.2, 0.25) is 10.0 Å². The molecule has 1 aromatic rings. The van der Waals surface area contributed by atoms with Gasteiger partial charge in [0.15, 0.2) is 4.90 Å². The number of carbonyl (C=O) groups excluding carboxylic acids is 1. The molecule has 1 aliphatic carbocycles. The van der Waals surface area contributed by atoms with Crippen molar-refractivity contribution in [1.29, 1.82) is 0 Å². The molecule has 1 aliphatic rings. The van der Waals surface area contributed by atoms with Crippen LogP contribution in [-0.2, 0) is 16.2 Å². The van der Waals surface area contributed by atoms with Crippen molar-refractivity contribution in [2.24, 2.45) is 0 Å². The van der Waals surface area contributed by atoms with Gasteiger partial charge in [0.2, 0.25) is 5.91 Å². The molecular formula is C23H24Cl2N2O2S. The molecule has 2 N–H and O–H groups in total. The van der Waals surface area contributed by atoms with Crippen molar-refractivity contribution in [1.82, 2.24) is 10.0 Å². The minimum atomic E-state index is -1.52. The third-order valence-electron chi connectivity index (χ3n) is 4.29. The summed E-state index contributed by atoms with van der Waals surface area (Å²) in [7, 11) is 0. The smallest absolute Gasteiger partial charge is 0.221 e. The number of halogens is 2. The quantitative estimate of drug-likeness (QED) is 0.390. The van der Waals surface area contributed by atoms with Crippen molar-refractivity contribution < 1.29 is 9.35 Å². The van der Waals surface area contributed by atoms with E-state index in [1.807, 2.05) is 44.2 Å². The number of carbonyl (C=O) groups is 1. The lowest BCUT2D eigenvalue weighted by atomic mass is 10.0. The summed E-state index contributed by atoms with van der Waals surface area (Å²) in [6, 6.07) is 4.88. The van der Waals surface area contributed by atoms with Crippen LogP contribution in [0.5, 0.6) is 0 Å². The Kier molecular flexibility index (Phi) is 9.06. The zero-order chi connectivity index (χ0) is 22.3. The van der Waals surface area contributed by atoms with Crippen LogP contribution in [0.4, 0.5) is 0 Å². The summed E-state index contributed by atoms with van der Waals surface area (Å²) in [5.41, 5.74) is 4.22. The molecule has 2 rings (SSSR count). The highest BCUT2D eigenvalue weighted by atomic mass is 35.5. The minimum absolute atomic E-state index is 0.165. The van der Waals surface area contributed by atoms with E-state index in [4.69, 9.17) is 23.2 Å². The number of nitrogens with one attached hydrogen (secondary N) is 2. The topological polar surface area (TPSA) is 64.2 Å². The van der Waals surface area contributed by atoms with Crippen LogP contribution in [0.3, 0.4) is 0 Å². The Hall–Kier alpha value is -2.18. The molecule has 0 aromatic heterocycles. The monoisotopic (exact) mass is 462 g/mol. The molecule has 0 aliphatic heterocycles. The van der Waals surface area contributed by atoms with E-state index < -0.39 is 11.4 Å². The van der Waals surface area contributed by atoms with Crippen LogP contribution in [0.15, 0.2) is 94.2 Å². The number of rotatable bonds is 7. The van der Waals surface area contributed by atoms with E-state index in [9.17, 15) is 9.35 Å². The third kappa shape index (κ3) is 6.67. The molecule has 7 heteroatoms. The fraction of sp³-hybridized carbons (Fsp3) is 0.174. The zero-order valence-electron chi connectivity index (χ0n) is 17.1. The Morgan fingerprint density at radius 1 is 1.30 bits per heavy atom.